The van der Waals surface area contributed by atoms with E-state index in [0.29, 0.717) is 42.9 Å². The number of aryl methyl sites for hydroxylation is 1. The van der Waals surface area contributed by atoms with E-state index in [1.54, 1.807) is 11.7 Å². The van der Waals surface area contributed by atoms with Crippen LogP contribution in [0.1, 0.15) is 10.4 Å². The van der Waals surface area contributed by atoms with Crippen molar-refractivity contribution in [2.75, 3.05) is 31.1 Å². The third-order valence-corrected chi connectivity index (χ3v) is 5.03. The van der Waals surface area contributed by atoms with Crippen LogP contribution in [0.2, 0.25) is 0 Å². The predicted molar refractivity (Wildman–Crippen MR) is 96.4 cm³/mol. The Morgan fingerprint density at radius 3 is 2.64 bits per heavy atom. The van der Waals surface area contributed by atoms with Crippen molar-refractivity contribution in [1.29, 1.82) is 0 Å². The number of aromatic nitrogens is 5. The Kier molecular flexibility index (Phi) is 4.08. The second-order valence-electron chi connectivity index (χ2n) is 5.84. The molecule has 0 bridgehead atoms. The van der Waals surface area contributed by atoms with Gasteiger partial charge in [-0.05, 0) is 28.1 Å². The first-order valence-corrected chi connectivity index (χ1v) is 8.73. The molecule has 0 N–H and O–H groups in total. The average molecular weight is 402 g/mol. The molecule has 1 aromatic carbocycles. The molecule has 3 aromatic rings. The summed E-state index contributed by atoms with van der Waals surface area (Å²) in [6, 6.07) is 7.50. The van der Waals surface area contributed by atoms with Gasteiger partial charge in [0, 0.05) is 37.7 Å². The second-order valence-corrected chi connectivity index (χ2v) is 6.70. The number of carbonyl (C=O) groups excluding carboxylic acids is 1. The molecule has 128 valence electrons. The molecule has 8 nitrogen and oxygen atoms in total. The van der Waals surface area contributed by atoms with Crippen LogP contribution in [0.3, 0.4) is 0 Å². The highest BCUT2D eigenvalue weighted by molar-refractivity contribution is 9.10. The fourth-order valence-electron chi connectivity index (χ4n) is 3.00. The number of anilines is 1. The van der Waals surface area contributed by atoms with Gasteiger partial charge < -0.3 is 9.80 Å². The first-order chi connectivity index (χ1) is 12.1. The highest BCUT2D eigenvalue weighted by atomic mass is 79.9. The molecule has 3 heterocycles. The maximum atomic E-state index is 12.7. The van der Waals surface area contributed by atoms with Crippen LogP contribution in [0.5, 0.6) is 0 Å². The highest BCUT2D eigenvalue weighted by Gasteiger charge is 2.25. The van der Waals surface area contributed by atoms with E-state index in [2.05, 4.69) is 41.1 Å². The van der Waals surface area contributed by atoms with Gasteiger partial charge in [-0.2, -0.15) is 0 Å². The Hall–Kier alpha value is -2.55. The van der Waals surface area contributed by atoms with Gasteiger partial charge in [0.2, 0.25) is 0 Å². The van der Waals surface area contributed by atoms with E-state index in [1.165, 1.54) is 6.33 Å². The Morgan fingerprint density at radius 1 is 1.12 bits per heavy atom. The van der Waals surface area contributed by atoms with Crippen molar-refractivity contribution in [1.82, 2.24) is 29.9 Å². The number of carbonyl (C=O) groups is 1. The number of fused-ring (bicyclic) bond motifs is 1. The molecule has 0 spiro atoms. The minimum Gasteiger partial charge on any atom is -0.351 e. The lowest BCUT2D eigenvalue weighted by Crippen LogP contribution is -2.49. The van der Waals surface area contributed by atoms with Gasteiger partial charge in [0.15, 0.2) is 17.0 Å². The Bertz CT molecular complexity index is 933. The summed E-state index contributed by atoms with van der Waals surface area (Å²) in [7, 11) is 1.81. The zero-order valence-corrected chi connectivity index (χ0v) is 15.2. The molecule has 1 aliphatic heterocycles. The van der Waals surface area contributed by atoms with Gasteiger partial charge in [-0.1, -0.05) is 17.3 Å². The van der Waals surface area contributed by atoms with Crippen molar-refractivity contribution in [3.8, 4) is 0 Å². The summed E-state index contributed by atoms with van der Waals surface area (Å²) in [5, 5.41) is 8.18. The number of halogens is 1. The highest BCUT2D eigenvalue weighted by Crippen LogP contribution is 2.23. The zero-order chi connectivity index (χ0) is 17.4. The van der Waals surface area contributed by atoms with E-state index >= 15 is 0 Å². The zero-order valence-electron chi connectivity index (χ0n) is 13.6. The number of hydrogen-bond donors (Lipinski definition) is 0. The molecule has 0 atom stereocenters. The fourth-order valence-corrected chi connectivity index (χ4v) is 3.45. The molecule has 1 fully saturated rings. The SMILES string of the molecule is Cn1nnc2c(N3CCN(C(=O)c4ccccc4Br)CC3)ncnc21. The van der Waals surface area contributed by atoms with E-state index < -0.39 is 0 Å². The van der Waals surface area contributed by atoms with E-state index in [0.717, 1.165) is 10.3 Å². The molecule has 1 aliphatic rings. The first kappa shape index (κ1) is 15.9. The lowest BCUT2D eigenvalue weighted by molar-refractivity contribution is 0.0745. The molecule has 9 heteroatoms. The maximum Gasteiger partial charge on any atom is 0.255 e. The van der Waals surface area contributed by atoms with E-state index in [4.69, 9.17) is 0 Å². The lowest BCUT2D eigenvalue weighted by Gasteiger charge is -2.35. The normalized spacial score (nSPS) is 15.0. The van der Waals surface area contributed by atoms with Crippen LogP contribution < -0.4 is 4.90 Å². The number of benzene rings is 1. The van der Waals surface area contributed by atoms with Crippen molar-refractivity contribution in [3.05, 3.63) is 40.6 Å². The molecular formula is C16H16BrN7O. The van der Waals surface area contributed by atoms with Gasteiger partial charge in [-0.15, -0.1) is 5.10 Å². The largest absolute Gasteiger partial charge is 0.351 e. The van der Waals surface area contributed by atoms with Gasteiger partial charge in [0.1, 0.15) is 6.33 Å². The summed E-state index contributed by atoms with van der Waals surface area (Å²) in [6.45, 7) is 2.65. The van der Waals surface area contributed by atoms with E-state index in [1.807, 2.05) is 29.2 Å². The summed E-state index contributed by atoms with van der Waals surface area (Å²) in [5.74, 6) is 0.811. The minimum atomic E-state index is 0.0412. The Labute approximate surface area is 152 Å². The standard InChI is InChI=1S/C16H16BrN7O/c1-22-14-13(20-21-22)15(19-10-18-14)23-6-8-24(9-7-23)16(25)11-4-2-3-5-12(11)17/h2-5,10H,6-9H2,1H3. The van der Waals surface area contributed by atoms with E-state index in [-0.39, 0.29) is 5.91 Å². The van der Waals surface area contributed by atoms with Gasteiger partial charge in [-0.3, -0.25) is 4.79 Å². The van der Waals surface area contributed by atoms with Crippen molar-refractivity contribution in [3.63, 3.8) is 0 Å². The Morgan fingerprint density at radius 2 is 1.88 bits per heavy atom. The second kappa shape index (κ2) is 6.40. The number of hydrogen-bond acceptors (Lipinski definition) is 6. The minimum absolute atomic E-state index is 0.0412. The topological polar surface area (TPSA) is 80.0 Å². The summed E-state index contributed by atoms with van der Waals surface area (Å²) < 4.78 is 2.45. The van der Waals surface area contributed by atoms with Crippen LogP contribution in [0.4, 0.5) is 5.82 Å². The van der Waals surface area contributed by atoms with Crippen LogP contribution >= 0.6 is 15.9 Å². The van der Waals surface area contributed by atoms with Gasteiger partial charge in [0.05, 0.1) is 5.56 Å². The summed E-state index contributed by atoms with van der Waals surface area (Å²) in [6.07, 6.45) is 1.53. The smallest absolute Gasteiger partial charge is 0.255 e. The molecule has 0 aliphatic carbocycles. The summed E-state index contributed by atoms with van der Waals surface area (Å²) in [5.41, 5.74) is 2.08. The molecule has 0 radical (unpaired) electrons. The number of piperazine rings is 1. The molecule has 1 amide bonds. The average Bonchev–Trinajstić information content (AvgIpc) is 3.03. The molecular weight excluding hydrogens is 386 g/mol. The summed E-state index contributed by atoms with van der Waals surface area (Å²) >= 11 is 3.45. The molecule has 25 heavy (non-hydrogen) atoms. The third-order valence-electron chi connectivity index (χ3n) is 4.34. The van der Waals surface area contributed by atoms with Crippen molar-refractivity contribution >= 4 is 38.8 Å². The molecule has 1 saturated heterocycles. The van der Waals surface area contributed by atoms with Crippen molar-refractivity contribution in [2.45, 2.75) is 0 Å². The van der Waals surface area contributed by atoms with Gasteiger partial charge in [-0.25, -0.2) is 14.6 Å². The first-order valence-electron chi connectivity index (χ1n) is 7.94. The quantitative estimate of drug-likeness (QED) is 0.646. The molecule has 4 rings (SSSR count). The van der Waals surface area contributed by atoms with Crippen LogP contribution in [-0.2, 0) is 7.05 Å². The monoisotopic (exact) mass is 401 g/mol. The predicted octanol–water partition coefficient (Wildman–Crippen LogP) is 1.48. The molecule has 2 aromatic heterocycles. The van der Waals surface area contributed by atoms with Crippen LogP contribution in [0.15, 0.2) is 35.1 Å². The lowest BCUT2D eigenvalue weighted by atomic mass is 10.2. The van der Waals surface area contributed by atoms with Crippen LogP contribution in [0, 0.1) is 0 Å². The molecule has 0 unspecified atom stereocenters. The number of amides is 1. The Balaban J connectivity index is 1.51. The number of rotatable bonds is 2. The van der Waals surface area contributed by atoms with Crippen molar-refractivity contribution in [2.24, 2.45) is 7.05 Å². The fraction of sp³-hybridized carbons (Fsp3) is 0.312. The maximum absolute atomic E-state index is 12.7. The van der Waals surface area contributed by atoms with Gasteiger partial charge in [0.25, 0.3) is 5.91 Å². The van der Waals surface area contributed by atoms with Crippen LogP contribution in [-0.4, -0.2) is 61.9 Å². The van der Waals surface area contributed by atoms with Crippen LogP contribution in [0.25, 0.3) is 11.2 Å². The van der Waals surface area contributed by atoms with Gasteiger partial charge >= 0.3 is 0 Å². The van der Waals surface area contributed by atoms with Crippen molar-refractivity contribution < 1.29 is 4.79 Å². The third kappa shape index (κ3) is 2.84. The summed E-state index contributed by atoms with van der Waals surface area (Å²) in [4.78, 5) is 25.3. The molecule has 0 saturated carbocycles. The van der Waals surface area contributed by atoms with E-state index in [9.17, 15) is 4.79 Å². The number of nitrogens with zero attached hydrogens (tertiary/aromatic N) is 7.